The molecule has 1 rings (SSSR count). The molecule has 0 aromatic carbocycles. The predicted octanol–water partition coefficient (Wildman–Crippen LogP) is 1.48. The summed E-state index contributed by atoms with van der Waals surface area (Å²) in [5, 5.41) is 2.23. The van der Waals surface area contributed by atoms with Gasteiger partial charge in [-0.05, 0) is 0 Å². The van der Waals surface area contributed by atoms with E-state index < -0.39 is 6.16 Å². The van der Waals surface area contributed by atoms with Crippen molar-refractivity contribution in [2.45, 2.75) is 0 Å². The van der Waals surface area contributed by atoms with Crippen molar-refractivity contribution in [2.24, 2.45) is 0 Å². The van der Waals surface area contributed by atoms with Crippen molar-refractivity contribution in [1.82, 2.24) is 0 Å². The van der Waals surface area contributed by atoms with E-state index in [0.29, 0.717) is 10.8 Å². The van der Waals surface area contributed by atoms with Gasteiger partial charge in [-0.2, -0.15) is 0 Å². The van der Waals surface area contributed by atoms with Crippen LogP contribution in [-0.4, -0.2) is 13.3 Å². The molecule has 0 spiro atoms. The van der Waals surface area contributed by atoms with Crippen LogP contribution in [-0.2, 0) is 4.74 Å². The Morgan fingerprint density at radius 3 is 2.91 bits per heavy atom. The Morgan fingerprint density at radius 2 is 2.45 bits per heavy atom. The summed E-state index contributed by atoms with van der Waals surface area (Å²) in [5.74, 6) is 0.416. The molecule has 0 fully saturated rings. The summed E-state index contributed by atoms with van der Waals surface area (Å²) in [6.45, 7) is 0. The standard InChI is InChI=1S/C6H7NO3S/c1-9-6(8)10-4-2-5(7)11-3-4/h2-3H,7H2,1H3. The van der Waals surface area contributed by atoms with Crippen molar-refractivity contribution < 1.29 is 14.3 Å². The highest BCUT2D eigenvalue weighted by atomic mass is 32.1. The van der Waals surface area contributed by atoms with Gasteiger partial charge < -0.3 is 15.2 Å². The molecule has 0 bridgehead atoms. The first-order valence-corrected chi connectivity index (χ1v) is 3.70. The average Bonchev–Trinajstić information content (AvgIpc) is 2.35. The molecule has 1 heterocycles. The first kappa shape index (κ1) is 7.87. The first-order valence-electron chi connectivity index (χ1n) is 2.82. The number of nitrogen functional groups attached to an aromatic ring is 1. The molecule has 0 amide bonds. The summed E-state index contributed by atoms with van der Waals surface area (Å²) in [5.41, 5.74) is 5.38. The van der Waals surface area contributed by atoms with Crippen LogP contribution in [0.25, 0.3) is 0 Å². The van der Waals surface area contributed by atoms with Crippen molar-refractivity contribution in [3.63, 3.8) is 0 Å². The Balaban J connectivity index is 2.57. The Kier molecular flexibility index (Phi) is 2.32. The van der Waals surface area contributed by atoms with Gasteiger partial charge in [0.05, 0.1) is 12.1 Å². The van der Waals surface area contributed by atoms with Crippen LogP contribution in [0, 0.1) is 0 Å². The lowest BCUT2D eigenvalue weighted by Gasteiger charge is -1.96. The van der Waals surface area contributed by atoms with Crippen molar-refractivity contribution >= 4 is 22.5 Å². The summed E-state index contributed by atoms with van der Waals surface area (Å²) < 4.78 is 8.92. The van der Waals surface area contributed by atoms with Gasteiger partial charge in [-0.1, -0.05) is 0 Å². The number of carbonyl (C=O) groups is 1. The number of thiophene rings is 1. The highest BCUT2D eigenvalue weighted by Gasteiger charge is 2.04. The number of nitrogens with two attached hydrogens (primary N) is 1. The van der Waals surface area contributed by atoms with E-state index in [9.17, 15) is 4.79 Å². The third kappa shape index (κ3) is 2.12. The molecule has 1 aromatic rings. The number of hydrogen-bond donors (Lipinski definition) is 1. The molecule has 4 nitrogen and oxygen atoms in total. The monoisotopic (exact) mass is 173 g/mol. The van der Waals surface area contributed by atoms with E-state index >= 15 is 0 Å². The third-order valence-electron chi connectivity index (χ3n) is 0.964. The maximum atomic E-state index is 10.5. The van der Waals surface area contributed by atoms with Crippen LogP contribution in [0.1, 0.15) is 0 Å². The Bertz CT molecular complexity index is 258. The lowest BCUT2D eigenvalue weighted by molar-refractivity contribution is 0.121. The third-order valence-corrected chi connectivity index (χ3v) is 1.70. The average molecular weight is 173 g/mol. The second-order valence-corrected chi connectivity index (χ2v) is 2.68. The van der Waals surface area contributed by atoms with Crippen LogP contribution >= 0.6 is 11.3 Å². The zero-order chi connectivity index (χ0) is 8.27. The number of ether oxygens (including phenoxy) is 2. The molecule has 1 aromatic heterocycles. The minimum atomic E-state index is -0.734. The van der Waals surface area contributed by atoms with Crippen LogP contribution in [0.2, 0.25) is 0 Å². The molecular formula is C6H7NO3S. The normalized spacial score (nSPS) is 9.18. The zero-order valence-corrected chi connectivity index (χ0v) is 6.68. The predicted molar refractivity (Wildman–Crippen MR) is 41.8 cm³/mol. The summed E-state index contributed by atoms with van der Waals surface area (Å²) in [4.78, 5) is 10.5. The van der Waals surface area contributed by atoms with Crippen molar-refractivity contribution in [2.75, 3.05) is 12.8 Å². The lowest BCUT2D eigenvalue weighted by Crippen LogP contribution is -2.06. The molecule has 0 aliphatic heterocycles. The molecule has 0 aliphatic rings. The summed E-state index contributed by atoms with van der Waals surface area (Å²) >= 11 is 1.30. The Hall–Kier alpha value is -1.23. The fraction of sp³-hybridized carbons (Fsp3) is 0.167. The maximum absolute atomic E-state index is 10.5. The molecule has 0 atom stereocenters. The van der Waals surface area contributed by atoms with Gasteiger partial charge in [0.2, 0.25) is 0 Å². The SMILES string of the molecule is COC(=O)Oc1csc(N)c1. The molecule has 11 heavy (non-hydrogen) atoms. The van der Waals surface area contributed by atoms with Crippen LogP contribution in [0.3, 0.4) is 0 Å². The van der Waals surface area contributed by atoms with Gasteiger partial charge in [-0.15, -0.1) is 11.3 Å². The van der Waals surface area contributed by atoms with Crippen molar-refractivity contribution in [3.05, 3.63) is 11.4 Å². The van der Waals surface area contributed by atoms with Gasteiger partial charge >= 0.3 is 6.16 Å². The molecule has 2 N–H and O–H groups in total. The van der Waals surface area contributed by atoms with Crippen LogP contribution in [0.5, 0.6) is 5.75 Å². The van der Waals surface area contributed by atoms with Crippen LogP contribution in [0.4, 0.5) is 9.80 Å². The fourth-order valence-corrected chi connectivity index (χ4v) is 1.08. The Morgan fingerprint density at radius 1 is 1.73 bits per heavy atom. The number of methoxy groups -OCH3 is 1. The smallest absolute Gasteiger partial charge is 0.437 e. The number of hydrogen-bond acceptors (Lipinski definition) is 5. The number of rotatable bonds is 1. The van der Waals surface area contributed by atoms with Gasteiger partial charge in [-0.3, -0.25) is 0 Å². The van der Waals surface area contributed by atoms with E-state index in [1.807, 2.05) is 0 Å². The minimum Gasteiger partial charge on any atom is -0.437 e. The lowest BCUT2D eigenvalue weighted by atomic mass is 10.6. The minimum absolute atomic E-state index is 0.416. The van der Waals surface area contributed by atoms with Gasteiger partial charge in [0.15, 0.2) is 0 Å². The second kappa shape index (κ2) is 3.25. The van der Waals surface area contributed by atoms with Gasteiger partial charge in [0.1, 0.15) is 5.75 Å². The van der Waals surface area contributed by atoms with E-state index in [4.69, 9.17) is 5.73 Å². The van der Waals surface area contributed by atoms with Crippen LogP contribution in [0.15, 0.2) is 11.4 Å². The quantitative estimate of drug-likeness (QED) is 0.653. The summed E-state index contributed by atoms with van der Waals surface area (Å²) in [6.07, 6.45) is -0.734. The summed E-state index contributed by atoms with van der Waals surface area (Å²) in [6, 6.07) is 1.56. The fourth-order valence-electron chi connectivity index (χ4n) is 0.526. The largest absolute Gasteiger partial charge is 0.513 e. The molecule has 60 valence electrons. The van der Waals surface area contributed by atoms with Gasteiger partial charge in [-0.25, -0.2) is 4.79 Å². The number of carbonyl (C=O) groups excluding carboxylic acids is 1. The van der Waals surface area contributed by atoms with E-state index in [1.54, 1.807) is 11.4 Å². The molecule has 0 unspecified atom stereocenters. The van der Waals surface area contributed by atoms with E-state index in [0.717, 1.165) is 0 Å². The van der Waals surface area contributed by atoms with E-state index in [1.165, 1.54) is 18.4 Å². The second-order valence-electron chi connectivity index (χ2n) is 1.74. The highest BCUT2D eigenvalue weighted by molar-refractivity contribution is 7.14. The maximum Gasteiger partial charge on any atom is 0.513 e. The topological polar surface area (TPSA) is 61.5 Å². The molecule has 5 heteroatoms. The van der Waals surface area contributed by atoms with Crippen LogP contribution < -0.4 is 10.5 Å². The molecule has 0 saturated heterocycles. The van der Waals surface area contributed by atoms with Crippen molar-refractivity contribution in [1.29, 1.82) is 0 Å². The molecule has 0 saturated carbocycles. The first-order chi connectivity index (χ1) is 5.22. The van der Waals surface area contributed by atoms with E-state index in [2.05, 4.69) is 9.47 Å². The van der Waals surface area contributed by atoms with Crippen molar-refractivity contribution in [3.8, 4) is 5.75 Å². The molecular weight excluding hydrogens is 166 g/mol. The zero-order valence-electron chi connectivity index (χ0n) is 5.87. The molecule has 0 radical (unpaired) electrons. The van der Waals surface area contributed by atoms with E-state index in [-0.39, 0.29) is 0 Å². The van der Waals surface area contributed by atoms with Gasteiger partial charge in [0, 0.05) is 11.4 Å². The summed E-state index contributed by atoms with van der Waals surface area (Å²) in [7, 11) is 1.25. The molecule has 0 aliphatic carbocycles. The number of anilines is 1. The van der Waals surface area contributed by atoms with Gasteiger partial charge in [0.25, 0.3) is 0 Å². The Labute approximate surface area is 67.5 Å². The highest BCUT2D eigenvalue weighted by Crippen LogP contribution is 2.23.